The summed E-state index contributed by atoms with van der Waals surface area (Å²) in [4.78, 5) is 23.8. The number of hydrogen-bond donors (Lipinski definition) is 1. The van der Waals surface area contributed by atoms with Gasteiger partial charge in [0.15, 0.2) is 0 Å². The van der Waals surface area contributed by atoms with Crippen LogP contribution in [0.3, 0.4) is 0 Å². The van der Waals surface area contributed by atoms with Crippen molar-refractivity contribution in [3.8, 4) is 11.3 Å². The molecule has 0 saturated carbocycles. The molecule has 0 bridgehead atoms. The van der Waals surface area contributed by atoms with Crippen LogP contribution in [0.5, 0.6) is 0 Å². The number of ether oxygens (including phenoxy) is 1. The Morgan fingerprint density at radius 2 is 1.93 bits per heavy atom. The van der Waals surface area contributed by atoms with Crippen molar-refractivity contribution >= 4 is 23.4 Å². The van der Waals surface area contributed by atoms with E-state index >= 15 is 0 Å². The van der Waals surface area contributed by atoms with E-state index in [2.05, 4.69) is 10.4 Å². The molecule has 27 heavy (non-hydrogen) atoms. The number of rotatable bonds is 5. The first kappa shape index (κ1) is 18.7. The number of nitrogens with zero attached hydrogens (tertiary/aromatic N) is 2. The summed E-state index contributed by atoms with van der Waals surface area (Å²) in [7, 11) is 0. The Labute approximate surface area is 161 Å². The molecule has 1 aromatic heterocycles. The van der Waals surface area contributed by atoms with E-state index in [9.17, 15) is 9.59 Å². The molecule has 1 N–H and O–H groups in total. The van der Waals surface area contributed by atoms with Crippen molar-refractivity contribution < 1.29 is 9.53 Å². The van der Waals surface area contributed by atoms with Gasteiger partial charge in [-0.1, -0.05) is 35.9 Å². The van der Waals surface area contributed by atoms with E-state index in [0.29, 0.717) is 23.0 Å². The Bertz CT molecular complexity index is 1000. The zero-order chi connectivity index (χ0) is 19.2. The van der Waals surface area contributed by atoms with E-state index in [0.717, 1.165) is 11.1 Å². The fraction of sp³-hybridized carbons (Fsp3) is 0.150. The van der Waals surface area contributed by atoms with Gasteiger partial charge in [0, 0.05) is 22.3 Å². The third kappa shape index (κ3) is 4.95. The molecule has 0 atom stereocenters. The number of carbonyl (C=O) groups excluding carboxylic acids is 1. The highest BCUT2D eigenvalue weighted by Crippen LogP contribution is 2.19. The lowest BCUT2D eigenvalue weighted by Crippen LogP contribution is -2.23. The molecule has 6 nitrogen and oxygen atoms in total. The first-order chi connectivity index (χ1) is 13.0. The minimum atomic E-state index is -0.519. The van der Waals surface area contributed by atoms with Crippen molar-refractivity contribution in [2.24, 2.45) is 0 Å². The molecule has 3 rings (SSSR count). The summed E-state index contributed by atoms with van der Waals surface area (Å²) in [5.74, 6) is 0. The predicted octanol–water partition coefficient (Wildman–Crippen LogP) is 4.18. The second kappa shape index (κ2) is 8.51. The Kier molecular flexibility index (Phi) is 5.88. The van der Waals surface area contributed by atoms with E-state index in [1.54, 1.807) is 43.3 Å². The van der Waals surface area contributed by atoms with Crippen molar-refractivity contribution in [2.75, 3.05) is 11.9 Å². The summed E-state index contributed by atoms with van der Waals surface area (Å²) in [6.07, 6.45) is -0.519. The lowest BCUT2D eigenvalue weighted by molar-refractivity contribution is 0.168. The maximum Gasteiger partial charge on any atom is 0.411 e. The number of hydrogen-bond acceptors (Lipinski definition) is 4. The fourth-order valence-corrected chi connectivity index (χ4v) is 2.67. The Hall–Kier alpha value is -3.12. The quantitative estimate of drug-likeness (QED) is 0.717. The van der Waals surface area contributed by atoms with Gasteiger partial charge in [-0.05, 0) is 42.8 Å². The molecule has 2 aromatic carbocycles. The van der Waals surface area contributed by atoms with E-state index in [4.69, 9.17) is 16.3 Å². The van der Waals surface area contributed by atoms with Crippen LogP contribution in [-0.2, 0) is 11.3 Å². The second-order valence-electron chi connectivity index (χ2n) is 5.77. The highest BCUT2D eigenvalue weighted by atomic mass is 35.5. The minimum Gasteiger partial charge on any atom is -0.450 e. The molecule has 3 aromatic rings. The summed E-state index contributed by atoms with van der Waals surface area (Å²) in [6.45, 7) is 2.31. The monoisotopic (exact) mass is 383 g/mol. The van der Waals surface area contributed by atoms with Gasteiger partial charge in [0.2, 0.25) is 0 Å². The van der Waals surface area contributed by atoms with Crippen LogP contribution in [-0.4, -0.2) is 22.5 Å². The Balaban J connectivity index is 1.83. The standard InChI is InChI=1S/C20H18ClN3O3/c1-2-27-20(26)22-17-5-3-4-14(12-17)13-24-19(25)11-10-18(23-24)15-6-8-16(21)9-7-15/h3-12H,2,13H2,1H3,(H,22,26). The van der Waals surface area contributed by atoms with Crippen LogP contribution in [0.1, 0.15) is 12.5 Å². The zero-order valence-electron chi connectivity index (χ0n) is 14.7. The van der Waals surface area contributed by atoms with Gasteiger partial charge in [-0.25, -0.2) is 9.48 Å². The van der Waals surface area contributed by atoms with E-state index in [1.807, 2.05) is 18.2 Å². The van der Waals surface area contributed by atoms with Crippen molar-refractivity contribution in [2.45, 2.75) is 13.5 Å². The van der Waals surface area contributed by atoms with Crippen molar-refractivity contribution in [3.05, 3.63) is 81.6 Å². The van der Waals surface area contributed by atoms with Crippen LogP contribution in [0.4, 0.5) is 10.5 Å². The van der Waals surface area contributed by atoms with Crippen LogP contribution >= 0.6 is 11.6 Å². The third-order valence-electron chi connectivity index (χ3n) is 3.79. The summed E-state index contributed by atoms with van der Waals surface area (Å²) in [5, 5.41) is 7.72. The molecule has 0 unspecified atom stereocenters. The number of halogens is 1. The van der Waals surface area contributed by atoms with Crippen molar-refractivity contribution in [3.63, 3.8) is 0 Å². The highest BCUT2D eigenvalue weighted by molar-refractivity contribution is 6.30. The number of carbonyl (C=O) groups is 1. The van der Waals surface area contributed by atoms with Gasteiger partial charge < -0.3 is 4.74 Å². The van der Waals surface area contributed by atoms with Gasteiger partial charge in [0.05, 0.1) is 18.8 Å². The summed E-state index contributed by atoms with van der Waals surface area (Å²) in [5.41, 5.74) is 2.74. The molecule has 0 aliphatic rings. The molecule has 0 spiro atoms. The number of amides is 1. The van der Waals surface area contributed by atoms with Gasteiger partial charge >= 0.3 is 6.09 Å². The molecule has 1 amide bonds. The van der Waals surface area contributed by atoms with Gasteiger partial charge in [-0.15, -0.1) is 0 Å². The highest BCUT2D eigenvalue weighted by Gasteiger charge is 2.07. The Morgan fingerprint density at radius 3 is 2.67 bits per heavy atom. The number of benzene rings is 2. The van der Waals surface area contributed by atoms with Gasteiger partial charge in [0.1, 0.15) is 0 Å². The molecule has 1 heterocycles. The van der Waals surface area contributed by atoms with E-state index in [-0.39, 0.29) is 12.1 Å². The van der Waals surface area contributed by atoms with Crippen LogP contribution in [0.15, 0.2) is 65.5 Å². The van der Waals surface area contributed by atoms with Crippen molar-refractivity contribution in [1.29, 1.82) is 0 Å². The van der Waals surface area contributed by atoms with Crippen LogP contribution in [0.2, 0.25) is 5.02 Å². The maximum atomic E-state index is 12.2. The van der Waals surface area contributed by atoms with Gasteiger partial charge in [0.25, 0.3) is 5.56 Å². The third-order valence-corrected chi connectivity index (χ3v) is 4.04. The molecule has 0 fully saturated rings. The molecule has 0 radical (unpaired) electrons. The average Bonchev–Trinajstić information content (AvgIpc) is 2.65. The zero-order valence-corrected chi connectivity index (χ0v) is 15.4. The maximum absolute atomic E-state index is 12.2. The molecule has 0 saturated heterocycles. The molecule has 0 aliphatic heterocycles. The molecule has 138 valence electrons. The smallest absolute Gasteiger partial charge is 0.411 e. The first-order valence-corrected chi connectivity index (χ1v) is 8.80. The molecule has 0 aliphatic carbocycles. The van der Waals surface area contributed by atoms with Gasteiger partial charge in [-0.3, -0.25) is 10.1 Å². The first-order valence-electron chi connectivity index (χ1n) is 8.42. The lowest BCUT2D eigenvalue weighted by atomic mass is 10.1. The predicted molar refractivity (Wildman–Crippen MR) is 105 cm³/mol. The van der Waals surface area contributed by atoms with Crippen LogP contribution in [0, 0.1) is 0 Å². The average molecular weight is 384 g/mol. The second-order valence-corrected chi connectivity index (χ2v) is 6.20. The fourth-order valence-electron chi connectivity index (χ4n) is 2.54. The van der Waals surface area contributed by atoms with Crippen LogP contribution in [0.25, 0.3) is 11.3 Å². The van der Waals surface area contributed by atoms with Gasteiger partial charge in [-0.2, -0.15) is 5.10 Å². The number of anilines is 1. The van der Waals surface area contributed by atoms with Crippen molar-refractivity contribution in [1.82, 2.24) is 9.78 Å². The Morgan fingerprint density at radius 1 is 1.15 bits per heavy atom. The summed E-state index contributed by atoms with van der Waals surface area (Å²) >= 11 is 5.92. The van der Waals surface area contributed by atoms with E-state index < -0.39 is 6.09 Å². The summed E-state index contributed by atoms with van der Waals surface area (Å²) in [6, 6.07) is 17.6. The van der Waals surface area contributed by atoms with Crippen LogP contribution < -0.4 is 10.9 Å². The molecular formula is C20H18ClN3O3. The largest absolute Gasteiger partial charge is 0.450 e. The minimum absolute atomic E-state index is 0.212. The summed E-state index contributed by atoms with van der Waals surface area (Å²) < 4.78 is 6.25. The van der Waals surface area contributed by atoms with E-state index in [1.165, 1.54) is 10.7 Å². The molecular weight excluding hydrogens is 366 g/mol. The number of nitrogens with one attached hydrogen (secondary N) is 1. The molecule has 7 heteroatoms. The number of aromatic nitrogens is 2. The topological polar surface area (TPSA) is 73.2 Å². The normalized spacial score (nSPS) is 10.4. The SMILES string of the molecule is CCOC(=O)Nc1cccc(Cn2nc(-c3ccc(Cl)cc3)ccc2=O)c1. The lowest BCUT2D eigenvalue weighted by Gasteiger charge is -2.10.